The molecule has 0 aliphatic heterocycles. The second kappa shape index (κ2) is 37.7. The van der Waals surface area contributed by atoms with Crippen molar-refractivity contribution in [2.75, 3.05) is 38.4 Å². The molecule has 0 unspecified atom stereocenters. The maximum atomic E-state index is 14.4. The van der Waals surface area contributed by atoms with E-state index in [1.165, 1.54) is 103 Å². The molecule has 110 heavy (non-hydrogen) atoms. The predicted octanol–water partition coefficient (Wildman–Crippen LogP) is 15.2. The molecule has 0 aliphatic rings. The number of carbonyl (C=O) groups excluding carboxylic acids is 3. The van der Waals surface area contributed by atoms with Gasteiger partial charge in [0.15, 0.2) is 15.1 Å². The van der Waals surface area contributed by atoms with Crippen LogP contribution in [0.5, 0.6) is 23.1 Å². The molecule has 6 aromatic heterocycles. The average Bonchev–Trinajstić information content (AvgIpc) is 1.27. The summed E-state index contributed by atoms with van der Waals surface area (Å²) in [7, 11) is -11.0. The number of sulfonamides is 3. The zero-order valence-corrected chi connectivity index (χ0v) is 65.1. The number of benzene rings is 3. The van der Waals surface area contributed by atoms with Gasteiger partial charge in [-0.3, -0.25) is 24.5 Å². The van der Waals surface area contributed by atoms with Crippen LogP contribution in [0.2, 0.25) is 0 Å². The number of H-pyrrole nitrogens is 1. The van der Waals surface area contributed by atoms with E-state index < -0.39 is 107 Å². The Morgan fingerprint density at radius 1 is 0.527 bits per heavy atom. The standard InChI is InChI=1S/C28H34FN3O5S.C25H25F4N3O5S.C23H28FN5O4S.7H2/c1-18(2)17-37-22-15-20(14-21(29)16-22)24-12-11-23(25(31-24)9-7-13-28(4,5)34)27(33)32-38(35,36)26-10-6-8-19(3)30-26;1-15(2)14-37-19-12-17(11-18(26)13-19)21-8-7-20(24(31-21)36-10-9-25(27,28)29)23(33)32-38(34,35)22-6-4-5-16(3)30-22;1-14(2)13-33-18-11-16(10-17(24)12-18)20-7-6-19(22(26-20)29(5)15(3)4)23(30)28-34(31,32)21-8-9-25-27-21;;;;;;;/h6,8,10-12,14-16,18,34H,7,9,13,17H2,1-5H3,(H,32,33);4-8,11-13,15H,9-10,14H2,1-3H3,(H,32,33);6-12,14-15H,13H2,1-5H3,(H,25,27)(H,28,30);7*1H. The Balaban J connectivity index is 0.00000168. The van der Waals surface area contributed by atoms with Gasteiger partial charge in [0.2, 0.25) is 5.88 Å². The molecule has 0 bridgehead atoms. The molecular weight excluding hydrogens is 1500 g/mol. The molecule has 604 valence electrons. The van der Waals surface area contributed by atoms with Crippen molar-refractivity contribution in [1.82, 2.24) is 49.3 Å². The van der Waals surface area contributed by atoms with Gasteiger partial charge in [0.05, 0.1) is 78.5 Å². The number of ether oxygens (including phenoxy) is 4. The van der Waals surface area contributed by atoms with Crippen molar-refractivity contribution in [3.8, 4) is 56.9 Å². The molecular formula is C76H101F6N11O14S3. The SMILES string of the molecule is CC(C)COc1cc(F)cc(-c2ccc(C(=O)NS(=O)(=O)c3ccn[nH]3)c(N(C)C(C)C)n2)c1.Cc1cccc(S(=O)(=O)NC(=O)c2ccc(-c3cc(F)cc(OCC(C)C)c3)nc2CCCC(C)(C)O)n1.Cc1cccc(S(=O)(=O)NC(=O)c2ccc(-c3cc(F)cc(OCC(C)C)c3)nc2OCCC(F)(F)F)n1.[HH].[HH].[HH].[HH].[HH].[HH].[HH]. The molecule has 0 saturated heterocycles. The van der Waals surface area contributed by atoms with Crippen LogP contribution in [0.15, 0.2) is 155 Å². The van der Waals surface area contributed by atoms with E-state index in [0.717, 1.165) is 12.1 Å². The Kier molecular flexibility index (Phi) is 29.7. The van der Waals surface area contributed by atoms with E-state index in [0.29, 0.717) is 83.8 Å². The average molecular weight is 1600 g/mol. The largest absolute Gasteiger partial charge is 0.493 e. The molecule has 3 amide bonds. The summed E-state index contributed by atoms with van der Waals surface area (Å²) in [5.74, 6) is -3.23. The van der Waals surface area contributed by atoms with E-state index >= 15 is 0 Å². The van der Waals surface area contributed by atoms with Crippen molar-refractivity contribution in [2.45, 2.75) is 142 Å². The van der Waals surface area contributed by atoms with Crippen molar-refractivity contribution < 1.29 is 100 Å². The number of carbonyl (C=O) groups is 3. The third-order valence-corrected chi connectivity index (χ3v) is 19.1. The van der Waals surface area contributed by atoms with Crippen LogP contribution in [0.4, 0.5) is 32.2 Å². The van der Waals surface area contributed by atoms with Crippen LogP contribution >= 0.6 is 0 Å². The Labute approximate surface area is 645 Å². The number of nitrogens with one attached hydrogen (secondary N) is 4. The van der Waals surface area contributed by atoms with Gasteiger partial charge in [-0.2, -0.15) is 43.5 Å². The number of hydrogen-bond acceptors (Lipinski definition) is 21. The lowest BCUT2D eigenvalue weighted by Gasteiger charge is -2.25. The number of aryl methyl sites for hydroxylation is 3. The van der Waals surface area contributed by atoms with Gasteiger partial charge in [0, 0.05) is 69.4 Å². The molecule has 0 radical (unpaired) electrons. The third-order valence-electron chi connectivity index (χ3n) is 15.4. The van der Waals surface area contributed by atoms with Crippen LogP contribution in [-0.4, -0.2) is 134 Å². The van der Waals surface area contributed by atoms with E-state index in [-0.39, 0.29) is 84.2 Å². The predicted molar refractivity (Wildman–Crippen MR) is 414 cm³/mol. The van der Waals surface area contributed by atoms with Crippen LogP contribution < -0.4 is 38.0 Å². The van der Waals surface area contributed by atoms with Gasteiger partial charge in [-0.15, -0.1) is 0 Å². The minimum atomic E-state index is -4.55. The Morgan fingerprint density at radius 3 is 1.36 bits per heavy atom. The van der Waals surface area contributed by atoms with E-state index in [9.17, 15) is 71.1 Å². The lowest BCUT2D eigenvalue weighted by molar-refractivity contribution is -0.139. The van der Waals surface area contributed by atoms with Crippen LogP contribution in [0.3, 0.4) is 0 Å². The molecule has 3 aromatic carbocycles. The monoisotopic (exact) mass is 1600 g/mol. The number of pyridine rings is 5. The summed E-state index contributed by atoms with van der Waals surface area (Å²) in [4.78, 5) is 61.8. The third kappa shape index (κ3) is 26.3. The van der Waals surface area contributed by atoms with Gasteiger partial charge in [-0.05, 0) is 182 Å². The normalized spacial score (nSPS) is 11.9. The molecule has 0 aliphatic carbocycles. The molecule has 6 heterocycles. The molecule has 0 fully saturated rings. The summed E-state index contributed by atoms with van der Waals surface area (Å²) in [5, 5.41) is 15.1. The fraction of sp³-hybridized carbons (Fsp3) is 0.355. The lowest BCUT2D eigenvalue weighted by Crippen LogP contribution is -2.34. The number of aromatic nitrogens is 7. The van der Waals surface area contributed by atoms with Gasteiger partial charge in [-0.25, -0.2) is 47.3 Å². The van der Waals surface area contributed by atoms with Crippen molar-refractivity contribution in [2.24, 2.45) is 17.8 Å². The maximum Gasteiger partial charge on any atom is 0.392 e. The van der Waals surface area contributed by atoms with Gasteiger partial charge >= 0.3 is 6.18 Å². The highest BCUT2D eigenvalue weighted by molar-refractivity contribution is 7.90. The van der Waals surface area contributed by atoms with E-state index in [1.807, 2.05) is 64.8 Å². The highest BCUT2D eigenvalue weighted by Gasteiger charge is 2.31. The number of rotatable bonds is 30. The number of alkyl halides is 3. The molecule has 34 heteroatoms. The number of amides is 3. The molecule has 0 atom stereocenters. The molecule has 9 rings (SSSR count). The molecule has 25 nitrogen and oxygen atoms in total. The number of nitrogens with zero attached hydrogens (tertiary/aromatic N) is 7. The molecule has 0 saturated carbocycles. The van der Waals surface area contributed by atoms with Crippen LogP contribution in [0.25, 0.3) is 33.8 Å². The number of aliphatic hydroxyl groups is 1. The minimum absolute atomic E-state index is 0. The molecule has 0 spiro atoms. The second-order valence-electron chi connectivity index (χ2n) is 27.5. The van der Waals surface area contributed by atoms with Gasteiger partial charge in [0.1, 0.15) is 46.1 Å². The molecule has 5 N–H and O–H groups in total. The fourth-order valence-electron chi connectivity index (χ4n) is 9.78. The summed E-state index contributed by atoms with van der Waals surface area (Å²) in [6, 6.07) is 30.6. The van der Waals surface area contributed by atoms with Crippen molar-refractivity contribution in [1.29, 1.82) is 0 Å². The highest BCUT2D eigenvalue weighted by atomic mass is 32.2. The lowest BCUT2D eigenvalue weighted by atomic mass is 9.98. The summed E-state index contributed by atoms with van der Waals surface area (Å²) in [5.41, 5.74) is 1.93. The summed E-state index contributed by atoms with van der Waals surface area (Å²) < 4.78 is 185. The zero-order chi connectivity index (χ0) is 81.2. The smallest absolute Gasteiger partial charge is 0.392 e. The number of halogens is 6. The zero-order valence-electron chi connectivity index (χ0n) is 62.6. The summed E-state index contributed by atoms with van der Waals surface area (Å²) in [6.07, 6.45) is -3.43. The first-order valence-electron chi connectivity index (χ1n) is 34.5. The Morgan fingerprint density at radius 2 is 0.945 bits per heavy atom. The summed E-state index contributed by atoms with van der Waals surface area (Å²) in [6.45, 7) is 22.4. The van der Waals surface area contributed by atoms with Crippen LogP contribution in [0.1, 0.15) is 147 Å². The summed E-state index contributed by atoms with van der Waals surface area (Å²) >= 11 is 0. The highest BCUT2D eigenvalue weighted by Crippen LogP contribution is 2.33. The van der Waals surface area contributed by atoms with Gasteiger partial charge in [-0.1, -0.05) is 53.7 Å². The van der Waals surface area contributed by atoms with Crippen LogP contribution in [-0.2, 0) is 36.5 Å². The first-order chi connectivity index (χ1) is 51.4. The topological polar surface area (TPSA) is 343 Å². The quantitative estimate of drug-likeness (QED) is 0.0261. The number of aromatic amines is 1. The number of hydrogen-bond donors (Lipinski definition) is 5. The first-order valence-corrected chi connectivity index (χ1v) is 39.0. The number of anilines is 1. The van der Waals surface area contributed by atoms with Crippen molar-refractivity contribution in [3.05, 3.63) is 191 Å². The Bertz CT molecular complexity index is 4890. The maximum absolute atomic E-state index is 14.4. The van der Waals surface area contributed by atoms with Gasteiger partial charge in [0.25, 0.3) is 47.8 Å². The minimum Gasteiger partial charge on any atom is -0.493 e. The second-order valence-corrected chi connectivity index (χ2v) is 32.4. The van der Waals surface area contributed by atoms with Gasteiger partial charge < -0.3 is 29.0 Å². The van der Waals surface area contributed by atoms with E-state index in [1.54, 1.807) is 63.9 Å². The fourth-order valence-corrected chi connectivity index (χ4v) is 12.6. The van der Waals surface area contributed by atoms with Crippen LogP contribution in [0, 0.1) is 49.1 Å². The first kappa shape index (κ1) is 86.7. The molecule has 9 aromatic rings. The van der Waals surface area contributed by atoms with E-state index in [4.69, 9.17) is 18.9 Å². The van der Waals surface area contributed by atoms with Crippen molar-refractivity contribution in [3.63, 3.8) is 0 Å². The van der Waals surface area contributed by atoms with E-state index in [2.05, 4.69) is 39.8 Å². The van der Waals surface area contributed by atoms with Crippen molar-refractivity contribution >= 4 is 53.6 Å². The Hall–Kier alpha value is -10.6.